The van der Waals surface area contributed by atoms with E-state index in [1.807, 2.05) is 0 Å². The van der Waals surface area contributed by atoms with E-state index < -0.39 is 40.6 Å². The Balaban J connectivity index is 2.82. The molecule has 0 radical (unpaired) electrons. The molecule has 1 aromatic heterocycles. The predicted molar refractivity (Wildman–Crippen MR) is 55.9 cm³/mol. The summed E-state index contributed by atoms with van der Waals surface area (Å²) in [7, 11) is 0. The van der Waals surface area contributed by atoms with Crippen LogP contribution in [0.5, 0.6) is 5.75 Å². The highest BCUT2D eigenvalue weighted by Crippen LogP contribution is 2.42. The lowest BCUT2D eigenvalue weighted by molar-refractivity contribution is -0.143. The van der Waals surface area contributed by atoms with Crippen molar-refractivity contribution in [2.75, 3.05) is 0 Å². The molecule has 0 atom stereocenters. The summed E-state index contributed by atoms with van der Waals surface area (Å²) < 4.78 is 76.4. The summed E-state index contributed by atoms with van der Waals surface area (Å²) in [6.45, 7) is 0. The van der Waals surface area contributed by atoms with Crippen molar-refractivity contribution in [1.82, 2.24) is 14.8 Å². The second-order valence-electron chi connectivity index (χ2n) is 3.92. The van der Waals surface area contributed by atoms with Crippen LogP contribution in [0.1, 0.15) is 11.1 Å². The number of hydrogen-bond donors (Lipinski definition) is 2. The molecule has 1 aromatic carbocycles. The van der Waals surface area contributed by atoms with Gasteiger partial charge in [0.25, 0.3) is 0 Å². The molecule has 0 unspecified atom stereocenters. The van der Waals surface area contributed by atoms with Gasteiger partial charge in [-0.1, -0.05) is 0 Å². The van der Waals surface area contributed by atoms with Gasteiger partial charge >= 0.3 is 18.0 Å². The molecular weight excluding hydrogens is 308 g/mol. The Kier molecular flexibility index (Phi) is 3.22. The van der Waals surface area contributed by atoms with Crippen molar-refractivity contribution in [3.8, 4) is 11.4 Å². The maximum absolute atomic E-state index is 12.7. The molecule has 0 aliphatic carbocycles. The van der Waals surface area contributed by atoms with Crippen molar-refractivity contribution in [3.05, 3.63) is 40.1 Å². The molecule has 21 heavy (non-hydrogen) atoms. The molecule has 114 valence electrons. The van der Waals surface area contributed by atoms with E-state index in [9.17, 15) is 36.2 Å². The van der Waals surface area contributed by atoms with E-state index in [0.29, 0.717) is 10.9 Å². The van der Waals surface area contributed by atoms with Gasteiger partial charge in [0, 0.05) is 0 Å². The number of phenolic OH excluding ortho intramolecular Hbond substituents is 1. The third kappa shape index (κ3) is 2.71. The summed E-state index contributed by atoms with van der Waals surface area (Å²) >= 11 is 0. The molecule has 0 aliphatic rings. The average Bonchev–Trinajstić information content (AvgIpc) is 2.72. The number of hydrogen-bond acceptors (Lipinski definition) is 3. The van der Waals surface area contributed by atoms with Crippen LogP contribution in [0, 0.1) is 0 Å². The van der Waals surface area contributed by atoms with Gasteiger partial charge in [-0.2, -0.15) is 31.4 Å². The Labute approximate surface area is 111 Å². The Bertz CT molecular complexity index is 728. The van der Waals surface area contributed by atoms with E-state index >= 15 is 0 Å². The maximum Gasteiger partial charge on any atom is 0.420 e. The molecule has 5 nitrogen and oxygen atoms in total. The second-order valence-corrected chi connectivity index (χ2v) is 3.92. The summed E-state index contributed by atoms with van der Waals surface area (Å²) in [4.78, 5) is 11.3. The minimum atomic E-state index is -5.23. The largest absolute Gasteiger partial charge is 0.505 e. The van der Waals surface area contributed by atoms with Crippen molar-refractivity contribution < 1.29 is 31.4 Å². The van der Waals surface area contributed by atoms with Gasteiger partial charge in [0.1, 0.15) is 11.9 Å². The second kappa shape index (κ2) is 4.53. The number of nitrogens with one attached hydrogen (secondary N) is 1. The minimum absolute atomic E-state index is 0.224. The summed E-state index contributed by atoms with van der Waals surface area (Å²) in [5, 5.41) is 14.5. The van der Waals surface area contributed by atoms with E-state index in [1.165, 1.54) is 0 Å². The number of rotatable bonds is 1. The molecule has 0 saturated heterocycles. The standard InChI is InChI=1S/C10H5F6N3O2/c11-9(12,13)4-1-5(10(14,15)16)7(20)6(2-4)19-3-17-18-8(19)21/h1-3,20H,(H,18,21). The lowest BCUT2D eigenvalue weighted by Crippen LogP contribution is -2.18. The predicted octanol–water partition coefficient (Wildman–Crippen LogP) is 2.30. The van der Waals surface area contributed by atoms with Gasteiger partial charge in [0.2, 0.25) is 0 Å². The van der Waals surface area contributed by atoms with Crippen LogP contribution in [-0.4, -0.2) is 19.9 Å². The molecule has 2 aromatic rings. The van der Waals surface area contributed by atoms with E-state index in [0.717, 1.165) is 0 Å². The van der Waals surface area contributed by atoms with Crippen molar-refractivity contribution in [3.63, 3.8) is 0 Å². The van der Waals surface area contributed by atoms with Crippen molar-refractivity contribution in [2.24, 2.45) is 0 Å². The number of alkyl halides is 6. The number of H-pyrrole nitrogens is 1. The van der Waals surface area contributed by atoms with Crippen molar-refractivity contribution in [1.29, 1.82) is 0 Å². The van der Waals surface area contributed by atoms with Crippen LogP contribution in [0.3, 0.4) is 0 Å². The highest BCUT2D eigenvalue weighted by atomic mass is 19.4. The fraction of sp³-hybridized carbons (Fsp3) is 0.200. The monoisotopic (exact) mass is 313 g/mol. The fourth-order valence-electron chi connectivity index (χ4n) is 1.60. The zero-order valence-electron chi connectivity index (χ0n) is 9.75. The summed E-state index contributed by atoms with van der Waals surface area (Å²) in [6.07, 6.45) is -9.67. The summed E-state index contributed by atoms with van der Waals surface area (Å²) in [5.41, 5.74) is -5.63. The summed E-state index contributed by atoms with van der Waals surface area (Å²) in [5.74, 6) is -1.50. The third-order valence-corrected chi connectivity index (χ3v) is 2.53. The quantitative estimate of drug-likeness (QED) is 0.794. The summed E-state index contributed by atoms with van der Waals surface area (Å²) in [6, 6.07) is -0.00849. The van der Waals surface area contributed by atoms with Crippen LogP contribution in [0.15, 0.2) is 23.3 Å². The highest BCUT2D eigenvalue weighted by Gasteiger charge is 2.40. The molecule has 11 heteroatoms. The molecule has 0 amide bonds. The molecule has 0 saturated carbocycles. The van der Waals surface area contributed by atoms with Gasteiger partial charge in [0.05, 0.1) is 11.3 Å². The number of aromatic amines is 1. The SMILES string of the molecule is O=c1[nH]ncn1-c1cc(C(F)(F)F)cc(C(F)(F)F)c1O. The van der Waals surface area contributed by atoms with Gasteiger partial charge in [0.15, 0.2) is 5.75 Å². The van der Waals surface area contributed by atoms with Crippen molar-refractivity contribution >= 4 is 0 Å². The zero-order chi connectivity index (χ0) is 16.0. The molecule has 2 N–H and O–H groups in total. The van der Waals surface area contributed by atoms with E-state index in [1.54, 1.807) is 5.10 Å². The van der Waals surface area contributed by atoms with Crippen molar-refractivity contribution in [2.45, 2.75) is 12.4 Å². The number of halogens is 6. The van der Waals surface area contributed by atoms with Crippen LogP contribution < -0.4 is 5.69 Å². The third-order valence-electron chi connectivity index (χ3n) is 2.53. The van der Waals surface area contributed by atoms with Crippen LogP contribution in [-0.2, 0) is 12.4 Å². The lowest BCUT2D eigenvalue weighted by atomic mass is 10.1. The molecule has 0 spiro atoms. The number of aromatic nitrogens is 3. The van der Waals surface area contributed by atoms with Crippen LogP contribution >= 0.6 is 0 Å². The van der Waals surface area contributed by atoms with Crippen LogP contribution in [0.25, 0.3) is 5.69 Å². The highest BCUT2D eigenvalue weighted by molar-refractivity contribution is 5.55. The minimum Gasteiger partial charge on any atom is -0.505 e. The Morgan fingerprint density at radius 3 is 2.14 bits per heavy atom. The maximum atomic E-state index is 12.7. The molecular formula is C10H5F6N3O2. The zero-order valence-corrected chi connectivity index (χ0v) is 9.75. The van der Waals surface area contributed by atoms with E-state index in [2.05, 4.69) is 5.10 Å². The Hall–Kier alpha value is -2.46. The van der Waals surface area contributed by atoms with E-state index in [4.69, 9.17) is 0 Å². The Morgan fingerprint density at radius 1 is 1.10 bits per heavy atom. The van der Waals surface area contributed by atoms with Gasteiger partial charge in [-0.25, -0.2) is 14.5 Å². The van der Waals surface area contributed by atoms with Gasteiger partial charge in [-0.3, -0.25) is 0 Å². The first-order chi connectivity index (χ1) is 9.51. The van der Waals surface area contributed by atoms with E-state index in [-0.39, 0.29) is 12.1 Å². The number of aromatic hydroxyl groups is 1. The molecule has 0 fully saturated rings. The lowest BCUT2D eigenvalue weighted by Gasteiger charge is -2.16. The topological polar surface area (TPSA) is 70.9 Å². The average molecular weight is 313 g/mol. The normalized spacial score (nSPS) is 12.7. The smallest absolute Gasteiger partial charge is 0.420 e. The number of benzene rings is 1. The van der Waals surface area contributed by atoms with Crippen LogP contribution in [0.2, 0.25) is 0 Å². The molecule has 2 rings (SSSR count). The molecule has 0 bridgehead atoms. The number of nitrogens with zero attached hydrogens (tertiary/aromatic N) is 2. The van der Waals surface area contributed by atoms with Crippen LogP contribution in [0.4, 0.5) is 26.3 Å². The number of phenols is 1. The van der Waals surface area contributed by atoms with Gasteiger partial charge in [-0.05, 0) is 12.1 Å². The molecule has 0 aliphatic heterocycles. The Morgan fingerprint density at radius 2 is 1.71 bits per heavy atom. The van der Waals surface area contributed by atoms with Gasteiger partial charge < -0.3 is 5.11 Å². The first-order valence-electron chi connectivity index (χ1n) is 5.15. The fourth-order valence-corrected chi connectivity index (χ4v) is 1.60. The van der Waals surface area contributed by atoms with Gasteiger partial charge in [-0.15, -0.1) is 0 Å². The molecule has 1 heterocycles. The first kappa shape index (κ1) is 14.9. The first-order valence-corrected chi connectivity index (χ1v) is 5.15.